The van der Waals surface area contributed by atoms with Gasteiger partial charge in [0.2, 0.25) is 12.1 Å². The molecule has 170 valence electrons. The van der Waals surface area contributed by atoms with E-state index in [2.05, 4.69) is 41.8 Å². The number of nitrogens with zero attached hydrogens (tertiary/aromatic N) is 2. The third-order valence-electron chi connectivity index (χ3n) is 4.26. The molecule has 0 fully saturated rings. The van der Waals surface area contributed by atoms with Gasteiger partial charge in [0.1, 0.15) is 27.4 Å². The van der Waals surface area contributed by atoms with Crippen LogP contribution in [0.2, 0.25) is 0 Å². The molecule has 11 heteroatoms. The quantitative estimate of drug-likeness (QED) is 0.141. The van der Waals surface area contributed by atoms with Gasteiger partial charge in [-0.3, -0.25) is 0 Å². The van der Waals surface area contributed by atoms with E-state index in [4.69, 9.17) is 0 Å². The number of benzene rings is 1. The van der Waals surface area contributed by atoms with Crippen molar-refractivity contribution in [3.63, 3.8) is 0 Å². The van der Waals surface area contributed by atoms with E-state index in [1.807, 2.05) is 0 Å². The van der Waals surface area contributed by atoms with Crippen LogP contribution in [0.5, 0.6) is 0 Å². The fraction of sp³-hybridized carbons (Fsp3) is 0.526. The van der Waals surface area contributed by atoms with Crippen molar-refractivity contribution in [2.75, 3.05) is 0 Å². The molecule has 0 bridgehead atoms. The van der Waals surface area contributed by atoms with Crippen LogP contribution in [0, 0.1) is 29.1 Å². The van der Waals surface area contributed by atoms with Gasteiger partial charge in [0.05, 0.1) is 13.6 Å². The zero-order chi connectivity index (χ0) is 22.9. The summed E-state index contributed by atoms with van der Waals surface area (Å²) >= 11 is 0. The molecule has 2 aromatic rings. The van der Waals surface area contributed by atoms with E-state index in [1.54, 1.807) is 0 Å². The fourth-order valence-corrected chi connectivity index (χ4v) is 3.31. The van der Waals surface area contributed by atoms with Gasteiger partial charge in [0, 0.05) is 0 Å². The van der Waals surface area contributed by atoms with Crippen molar-refractivity contribution in [1.29, 1.82) is 0 Å². The molecule has 2 rings (SSSR count). The van der Waals surface area contributed by atoms with Gasteiger partial charge in [0.15, 0.2) is 23.3 Å². The molecule has 0 aliphatic rings. The molecule has 1 aromatic heterocycles. The van der Waals surface area contributed by atoms with Crippen LogP contribution in [0.25, 0.3) is 0 Å². The van der Waals surface area contributed by atoms with E-state index in [9.17, 15) is 34.9 Å². The summed E-state index contributed by atoms with van der Waals surface area (Å²) in [5.41, 5.74) is 0. The number of unbranched alkanes of at least 4 members (excludes halogenated alkanes) is 6. The molecule has 0 atom stereocenters. The highest BCUT2D eigenvalue weighted by Crippen LogP contribution is 2.26. The van der Waals surface area contributed by atoms with Gasteiger partial charge in [-0.25, -0.2) is 39.5 Å². The Hall–Kier alpha value is -2.01. The van der Waals surface area contributed by atoms with E-state index in [-0.39, 0.29) is 0 Å². The standard InChI is InChI=1S/C13H25N2.C6HF5O3S/c1-3-4-5-6-7-8-9-10-15-12-11-14(2)13-15;7-1-2(8)4(10)6(15(12,13)14)5(11)3(1)9/h11-13H,3-10H2,1-2H3;(H,12,13,14)/q+1;/p-1. The maximum atomic E-state index is 12.6. The molecular weight excluding hydrogens is 431 g/mol. The summed E-state index contributed by atoms with van der Waals surface area (Å²) in [6.45, 7) is 3.45. The SMILES string of the molecule is CCCCCCCCCn1cc[n+](C)c1.O=S(=O)([O-])c1c(F)c(F)c(F)c(F)c1F. The summed E-state index contributed by atoms with van der Waals surface area (Å²) in [5.74, 6) is -12.8. The summed E-state index contributed by atoms with van der Waals surface area (Å²) in [4.78, 5) is -2.38. The van der Waals surface area contributed by atoms with Crippen LogP contribution in [-0.2, 0) is 23.7 Å². The molecule has 0 spiro atoms. The number of aromatic nitrogens is 2. The van der Waals surface area contributed by atoms with Gasteiger partial charge in [-0.05, 0) is 12.8 Å². The Balaban J connectivity index is 0.000000300. The first-order chi connectivity index (χ1) is 14.0. The highest BCUT2D eigenvalue weighted by atomic mass is 32.2. The first-order valence-corrected chi connectivity index (χ1v) is 10.9. The second kappa shape index (κ2) is 12.0. The zero-order valence-corrected chi connectivity index (χ0v) is 17.6. The highest BCUT2D eigenvalue weighted by Gasteiger charge is 2.28. The van der Waals surface area contributed by atoms with Crippen LogP contribution in [0.1, 0.15) is 51.9 Å². The zero-order valence-electron chi connectivity index (χ0n) is 16.8. The summed E-state index contributed by atoms with van der Waals surface area (Å²) in [5, 5.41) is 0. The van der Waals surface area contributed by atoms with Gasteiger partial charge in [0.25, 0.3) is 0 Å². The third kappa shape index (κ3) is 7.67. The summed E-state index contributed by atoms with van der Waals surface area (Å²) in [6, 6.07) is 0. The average Bonchev–Trinajstić information content (AvgIpc) is 3.09. The van der Waals surface area contributed by atoms with E-state index >= 15 is 0 Å². The van der Waals surface area contributed by atoms with Crippen molar-refractivity contribution >= 4 is 10.1 Å². The Morgan fingerprint density at radius 3 is 1.77 bits per heavy atom. The van der Waals surface area contributed by atoms with Crippen LogP contribution >= 0.6 is 0 Å². The van der Waals surface area contributed by atoms with Gasteiger partial charge in [-0.2, -0.15) is 0 Å². The molecule has 0 saturated carbocycles. The Kier molecular flexibility index (Phi) is 10.4. The molecule has 0 aliphatic carbocycles. The van der Waals surface area contributed by atoms with Crippen molar-refractivity contribution < 1.29 is 39.5 Å². The number of hydrogen-bond acceptors (Lipinski definition) is 3. The Morgan fingerprint density at radius 1 is 0.867 bits per heavy atom. The van der Waals surface area contributed by atoms with E-state index in [1.165, 1.54) is 51.5 Å². The maximum Gasteiger partial charge on any atom is 0.243 e. The van der Waals surface area contributed by atoms with Gasteiger partial charge >= 0.3 is 0 Å². The van der Waals surface area contributed by atoms with Crippen molar-refractivity contribution in [2.45, 2.75) is 63.3 Å². The molecular formula is C19H25F5N2O3S. The van der Waals surface area contributed by atoms with Crippen molar-refractivity contribution in [3.8, 4) is 0 Å². The minimum absolute atomic E-state index is 1.18. The van der Waals surface area contributed by atoms with Gasteiger partial charge < -0.3 is 4.55 Å². The molecule has 1 heterocycles. The first-order valence-electron chi connectivity index (χ1n) is 9.49. The Morgan fingerprint density at radius 2 is 1.33 bits per heavy atom. The van der Waals surface area contributed by atoms with Crippen molar-refractivity contribution in [3.05, 3.63) is 47.8 Å². The molecule has 0 saturated heterocycles. The molecule has 0 unspecified atom stereocenters. The molecule has 1 aromatic carbocycles. The molecule has 0 aliphatic heterocycles. The lowest BCUT2D eigenvalue weighted by Gasteiger charge is -2.10. The van der Waals surface area contributed by atoms with E-state index in [0.717, 1.165) is 0 Å². The summed E-state index contributed by atoms with van der Waals surface area (Å²) in [7, 11) is -3.70. The van der Waals surface area contributed by atoms with Crippen LogP contribution in [0.4, 0.5) is 22.0 Å². The third-order valence-corrected chi connectivity index (χ3v) is 5.12. The Labute approximate surface area is 172 Å². The minimum Gasteiger partial charge on any atom is -0.744 e. The topological polar surface area (TPSA) is 66.0 Å². The highest BCUT2D eigenvalue weighted by molar-refractivity contribution is 7.85. The number of halogens is 5. The molecule has 30 heavy (non-hydrogen) atoms. The number of hydrogen-bond donors (Lipinski definition) is 0. The normalized spacial score (nSPS) is 11.3. The predicted octanol–water partition coefficient (Wildman–Crippen LogP) is 4.35. The maximum absolute atomic E-state index is 12.6. The van der Waals surface area contributed by atoms with Crippen LogP contribution in [0.15, 0.2) is 23.6 Å². The van der Waals surface area contributed by atoms with Gasteiger partial charge in [-0.15, -0.1) is 0 Å². The molecule has 5 nitrogen and oxygen atoms in total. The summed E-state index contributed by atoms with van der Waals surface area (Å²) in [6.07, 6.45) is 16.1. The average molecular weight is 456 g/mol. The van der Waals surface area contributed by atoms with Gasteiger partial charge in [-0.1, -0.05) is 39.0 Å². The van der Waals surface area contributed by atoms with Crippen molar-refractivity contribution in [2.24, 2.45) is 7.05 Å². The van der Waals surface area contributed by atoms with E-state index < -0.39 is 44.1 Å². The predicted molar refractivity (Wildman–Crippen MR) is 97.8 cm³/mol. The molecule has 0 N–H and O–H groups in total. The second-order valence-corrected chi connectivity index (χ2v) is 8.11. The smallest absolute Gasteiger partial charge is 0.243 e. The Bertz CT molecular complexity index is 903. The minimum atomic E-state index is -5.77. The van der Waals surface area contributed by atoms with Crippen LogP contribution in [-0.4, -0.2) is 17.5 Å². The number of rotatable bonds is 9. The lowest BCUT2D eigenvalue weighted by atomic mass is 10.1. The lowest BCUT2D eigenvalue weighted by Crippen LogP contribution is -2.23. The largest absolute Gasteiger partial charge is 0.744 e. The monoisotopic (exact) mass is 456 g/mol. The number of aryl methyl sites for hydroxylation is 2. The van der Waals surface area contributed by atoms with Crippen molar-refractivity contribution in [1.82, 2.24) is 4.57 Å². The molecule has 0 amide bonds. The van der Waals surface area contributed by atoms with E-state index in [0.29, 0.717) is 0 Å². The lowest BCUT2D eigenvalue weighted by molar-refractivity contribution is -0.671. The fourth-order valence-electron chi connectivity index (χ4n) is 2.69. The van der Waals surface area contributed by atoms with Crippen LogP contribution < -0.4 is 4.57 Å². The first kappa shape index (κ1) is 26.0. The molecule has 0 radical (unpaired) electrons. The second-order valence-electron chi connectivity index (χ2n) is 6.79. The summed E-state index contributed by atoms with van der Waals surface area (Å²) < 4.78 is 97.3. The number of imidazole rings is 1. The van der Waals surface area contributed by atoms with Crippen LogP contribution in [0.3, 0.4) is 0 Å².